The summed E-state index contributed by atoms with van der Waals surface area (Å²) in [5.41, 5.74) is 2.81. The lowest BCUT2D eigenvalue weighted by Crippen LogP contribution is -2.05. The molecule has 0 aliphatic heterocycles. The number of hydrogen-bond acceptors (Lipinski definition) is 3. The lowest BCUT2D eigenvalue weighted by atomic mass is 9.98. The van der Waals surface area contributed by atoms with E-state index in [2.05, 4.69) is 11.9 Å². The maximum Gasteiger partial charge on any atom is 0.348 e. The van der Waals surface area contributed by atoms with E-state index >= 15 is 0 Å². The summed E-state index contributed by atoms with van der Waals surface area (Å²) in [4.78, 5) is 16.2. The van der Waals surface area contributed by atoms with Crippen LogP contribution in [0, 0.1) is 0 Å². The molecule has 26 heavy (non-hydrogen) atoms. The van der Waals surface area contributed by atoms with Crippen molar-refractivity contribution in [3.8, 4) is 16.9 Å². The highest BCUT2D eigenvalue weighted by atomic mass is 16.4. The van der Waals surface area contributed by atoms with E-state index in [1.807, 2.05) is 30.3 Å². The molecule has 4 rings (SSSR count). The number of para-hydroxylation sites is 2. The zero-order valence-electron chi connectivity index (χ0n) is 14.7. The van der Waals surface area contributed by atoms with Crippen molar-refractivity contribution in [3.05, 3.63) is 64.6 Å². The smallest absolute Gasteiger partial charge is 0.348 e. The first kappa shape index (κ1) is 16.5. The van der Waals surface area contributed by atoms with Crippen LogP contribution in [0.1, 0.15) is 31.9 Å². The third-order valence-electron chi connectivity index (χ3n) is 4.85. The second-order valence-corrected chi connectivity index (χ2v) is 6.59. The summed E-state index contributed by atoms with van der Waals surface area (Å²) in [5, 5.41) is 12.4. The van der Waals surface area contributed by atoms with Crippen LogP contribution < -0.4 is 5.63 Å². The summed E-state index contributed by atoms with van der Waals surface area (Å²) in [6.45, 7) is 2.16. The van der Waals surface area contributed by atoms with Gasteiger partial charge < -0.3 is 14.5 Å². The maximum atomic E-state index is 12.7. The highest BCUT2D eigenvalue weighted by molar-refractivity contribution is 6.01. The molecule has 0 fully saturated rings. The fourth-order valence-electron chi connectivity index (χ4n) is 3.58. The van der Waals surface area contributed by atoms with Crippen molar-refractivity contribution in [1.29, 1.82) is 0 Å². The molecule has 0 unspecified atom stereocenters. The SMILES string of the molecule is CCCCCc1[nH]c2ccccc2c1-c1c(O)c2ccccc2oc1=O. The Hall–Kier alpha value is -3.01. The Labute approximate surface area is 151 Å². The van der Waals surface area contributed by atoms with E-state index in [9.17, 15) is 9.90 Å². The average molecular weight is 347 g/mol. The number of unbranched alkanes of at least 4 members (excludes halogenated alkanes) is 2. The van der Waals surface area contributed by atoms with E-state index in [-0.39, 0.29) is 11.3 Å². The van der Waals surface area contributed by atoms with Gasteiger partial charge in [0, 0.05) is 22.2 Å². The highest BCUT2D eigenvalue weighted by Crippen LogP contribution is 2.39. The van der Waals surface area contributed by atoms with Crippen molar-refractivity contribution in [1.82, 2.24) is 4.98 Å². The van der Waals surface area contributed by atoms with Crippen molar-refractivity contribution in [2.45, 2.75) is 32.6 Å². The summed E-state index contributed by atoms with van der Waals surface area (Å²) in [6.07, 6.45) is 4.09. The molecule has 0 radical (unpaired) electrons. The van der Waals surface area contributed by atoms with Crippen LogP contribution in [0.2, 0.25) is 0 Å². The minimum atomic E-state index is -0.511. The average Bonchev–Trinajstić information content (AvgIpc) is 3.00. The first-order chi connectivity index (χ1) is 12.7. The second kappa shape index (κ2) is 6.71. The zero-order chi connectivity index (χ0) is 18.1. The van der Waals surface area contributed by atoms with Crippen molar-refractivity contribution in [2.75, 3.05) is 0 Å². The molecule has 132 valence electrons. The van der Waals surface area contributed by atoms with Crippen molar-refractivity contribution < 1.29 is 9.52 Å². The van der Waals surface area contributed by atoms with Crippen molar-refractivity contribution in [3.63, 3.8) is 0 Å². The molecule has 0 saturated heterocycles. The van der Waals surface area contributed by atoms with Gasteiger partial charge in [-0.3, -0.25) is 0 Å². The lowest BCUT2D eigenvalue weighted by molar-refractivity contribution is 0.471. The van der Waals surface area contributed by atoms with Gasteiger partial charge in [-0.25, -0.2) is 4.79 Å². The Morgan fingerprint density at radius 1 is 0.962 bits per heavy atom. The Kier molecular flexibility index (Phi) is 4.25. The fraction of sp³-hybridized carbons (Fsp3) is 0.227. The van der Waals surface area contributed by atoms with Gasteiger partial charge in [0.2, 0.25) is 0 Å². The van der Waals surface area contributed by atoms with Gasteiger partial charge in [0.05, 0.1) is 5.39 Å². The number of aromatic amines is 1. The first-order valence-corrected chi connectivity index (χ1v) is 9.05. The molecule has 0 aliphatic rings. The molecule has 4 aromatic rings. The summed E-state index contributed by atoms with van der Waals surface area (Å²) >= 11 is 0. The second-order valence-electron chi connectivity index (χ2n) is 6.59. The molecule has 0 spiro atoms. The Morgan fingerprint density at radius 2 is 1.69 bits per heavy atom. The number of benzene rings is 2. The van der Waals surface area contributed by atoms with Gasteiger partial charge in [0.1, 0.15) is 16.9 Å². The Balaban J connectivity index is 2.00. The molecule has 4 heteroatoms. The third-order valence-corrected chi connectivity index (χ3v) is 4.85. The van der Waals surface area contributed by atoms with Crippen LogP contribution in [0.5, 0.6) is 5.75 Å². The molecular formula is C22H21NO3. The number of H-pyrrole nitrogens is 1. The number of fused-ring (bicyclic) bond motifs is 2. The molecular weight excluding hydrogens is 326 g/mol. The topological polar surface area (TPSA) is 66.2 Å². The predicted molar refractivity (Wildman–Crippen MR) is 105 cm³/mol. The largest absolute Gasteiger partial charge is 0.506 e. The molecule has 0 bridgehead atoms. The summed E-state index contributed by atoms with van der Waals surface area (Å²) in [7, 11) is 0. The standard InChI is InChI=1S/C22H21NO3/c1-2-3-4-12-17-19(14-9-5-7-11-16(14)23-17)20-21(24)15-10-6-8-13-18(15)26-22(20)25/h5-11,13,23-24H,2-4,12H2,1H3. The number of aromatic hydroxyl groups is 1. The number of nitrogens with one attached hydrogen (secondary N) is 1. The lowest BCUT2D eigenvalue weighted by Gasteiger charge is -2.08. The van der Waals surface area contributed by atoms with E-state index in [0.717, 1.165) is 47.8 Å². The van der Waals surface area contributed by atoms with Gasteiger partial charge in [-0.1, -0.05) is 50.1 Å². The van der Waals surface area contributed by atoms with Gasteiger partial charge in [0.15, 0.2) is 0 Å². The number of aromatic nitrogens is 1. The third kappa shape index (κ3) is 2.68. The van der Waals surface area contributed by atoms with Gasteiger partial charge in [-0.15, -0.1) is 0 Å². The monoisotopic (exact) mass is 347 g/mol. The van der Waals surface area contributed by atoms with Crippen LogP contribution in [0.25, 0.3) is 33.0 Å². The molecule has 0 amide bonds. The fourth-order valence-corrected chi connectivity index (χ4v) is 3.58. The van der Waals surface area contributed by atoms with Crippen LogP contribution in [0.3, 0.4) is 0 Å². The van der Waals surface area contributed by atoms with E-state index in [1.54, 1.807) is 18.2 Å². The van der Waals surface area contributed by atoms with Gasteiger partial charge in [-0.05, 0) is 31.0 Å². The quantitative estimate of drug-likeness (QED) is 0.376. The van der Waals surface area contributed by atoms with Crippen molar-refractivity contribution >= 4 is 21.9 Å². The molecule has 2 heterocycles. The Morgan fingerprint density at radius 3 is 2.50 bits per heavy atom. The zero-order valence-corrected chi connectivity index (χ0v) is 14.7. The minimum absolute atomic E-state index is 0.0154. The predicted octanol–water partition coefficient (Wildman–Crippen LogP) is 5.38. The first-order valence-electron chi connectivity index (χ1n) is 9.05. The molecule has 2 aromatic carbocycles. The van der Waals surface area contributed by atoms with Crippen LogP contribution in [0.4, 0.5) is 0 Å². The van der Waals surface area contributed by atoms with Crippen LogP contribution in [-0.4, -0.2) is 10.1 Å². The van der Waals surface area contributed by atoms with E-state index < -0.39 is 5.63 Å². The van der Waals surface area contributed by atoms with Gasteiger partial charge >= 0.3 is 5.63 Å². The van der Waals surface area contributed by atoms with Crippen LogP contribution in [0.15, 0.2) is 57.7 Å². The van der Waals surface area contributed by atoms with Crippen molar-refractivity contribution in [2.24, 2.45) is 0 Å². The van der Waals surface area contributed by atoms with E-state index in [4.69, 9.17) is 4.42 Å². The molecule has 2 aromatic heterocycles. The molecule has 0 aliphatic carbocycles. The van der Waals surface area contributed by atoms with E-state index in [0.29, 0.717) is 11.0 Å². The van der Waals surface area contributed by atoms with Gasteiger partial charge in [0.25, 0.3) is 0 Å². The molecule has 4 nitrogen and oxygen atoms in total. The molecule has 0 atom stereocenters. The van der Waals surface area contributed by atoms with E-state index in [1.165, 1.54) is 0 Å². The molecule has 0 saturated carbocycles. The normalized spacial score (nSPS) is 11.4. The number of hydrogen-bond donors (Lipinski definition) is 2. The number of aryl methyl sites for hydroxylation is 1. The summed E-state index contributed by atoms with van der Waals surface area (Å²) in [6, 6.07) is 14.9. The number of rotatable bonds is 5. The van der Waals surface area contributed by atoms with Gasteiger partial charge in [-0.2, -0.15) is 0 Å². The molecule has 2 N–H and O–H groups in total. The van der Waals surface area contributed by atoms with Crippen LogP contribution in [-0.2, 0) is 6.42 Å². The van der Waals surface area contributed by atoms with Crippen LogP contribution >= 0.6 is 0 Å². The maximum absolute atomic E-state index is 12.7. The summed E-state index contributed by atoms with van der Waals surface area (Å²) in [5.74, 6) is -0.0154. The minimum Gasteiger partial charge on any atom is -0.506 e. The highest BCUT2D eigenvalue weighted by Gasteiger charge is 2.22. The Bertz CT molecular complexity index is 1140. The summed E-state index contributed by atoms with van der Waals surface area (Å²) < 4.78 is 5.50.